The molecule has 2 aromatic heterocycles. The molecule has 0 radical (unpaired) electrons. The highest BCUT2D eigenvalue weighted by atomic mass is 32.2. The zero-order valence-electron chi connectivity index (χ0n) is 15.7. The van der Waals surface area contributed by atoms with Crippen molar-refractivity contribution in [2.75, 3.05) is 11.1 Å². The summed E-state index contributed by atoms with van der Waals surface area (Å²) in [5.74, 6) is 2.15. The molecule has 1 aliphatic carbocycles. The minimum absolute atomic E-state index is 0.102. The van der Waals surface area contributed by atoms with E-state index in [9.17, 15) is 4.79 Å². The van der Waals surface area contributed by atoms with Crippen molar-refractivity contribution in [1.29, 1.82) is 0 Å². The molecule has 2 heterocycles. The first kappa shape index (κ1) is 18.5. The fraction of sp³-hybridized carbons (Fsp3) is 0.300. The monoisotopic (exact) mass is 394 g/mol. The van der Waals surface area contributed by atoms with Gasteiger partial charge >= 0.3 is 0 Å². The van der Waals surface area contributed by atoms with Crippen molar-refractivity contribution in [2.24, 2.45) is 0 Å². The number of rotatable bonds is 8. The number of allylic oxidation sites excluding steroid dienone is 1. The Morgan fingerprint density at radius 1 is 1.32 bits per heavy atom. The maximum Gasteiger partial charge on any atom is 0.236 e. The highest BCUT2D eigenvalue weighted by Gasteiger charge is 2.28. The second-order valence-corrected chi connectivity index (χ2v) is 7.68. The Bertz CT molecular complexity index is 990. The van der Waals surface area contributed by atoms with Crippen LogP contribution in [0.5, 0.6) is 0 Å². The molecule has 4 rings (SSSR count). The molecule has 0 bridgehead atoms. The lowest BCUT2D eigenvalue weighted by atomic mass is 10.3. The first-order valence-corrected chi connectivity index (χ1v) is 10.2. The molecule has 0 saturated heterocycles. The molecule has 0 aliphatic heterocycles. The molecule has 3 aromatic rings. The second-order valence-electron chi connectivity index (χ2n) is 6.74. The van der Waals surface area contributed by atoms with Gasteiger partial charge in [0.25, 0.3) is 0 Å². The van der Waals surface area contributed by atoms with Crippen LogP contribution >= 0.6 is 11.8 Å². The number of aryl methyl sites for hydroxylation is 1. The van der Waals surface area contributed by atoms with Gasteiger partial charge in [0.2, 0.25) is 5.91 Å². The molecule has 1 aliphatic rings. The second kappa shape index (κ2) is 8.02. The van der Waals surface area contributed by atoms with Crippen LogP contribution in [0.25, 0.3) is 5.69 Å². The lowest BCUT2D eigenvalue weighted by molar-refractivity contribution is -0.113. The molecule has 0 spiro atoms. The first-order chi connectivity index (χ1) is 13.7. The van der Waals surface area contributed by atoms with Crippen molar-refractivity contribution in [3.63, 3.8) is 0 Å². The molecule has 7 nitrogen and oxygen atoms in total. The molecule has 1 N–H and O–H groups in total. The van der Waals surface area contributed by atoms with E-state index in [4.69, 9.17) is 5.10 Å². The van der Waals surface area contributed by atoms with Gasteiger partial charge in [-0.05, 0) is 31.9 Å². The van der Waals surface area contributed by atoms with E-state index >= 15 is 0 Å². The zero-order chi connectivity index (χ0) is 19.5. The lowest BCUT2D eigenvalue weighted by Gasteiger charge is -2.09. The summed E-state index contributed by atoms with van der Waals surface area (Å²) >= 11 is 1.36. The van der Waals surface area contributed by atoms with Crippen molar-refractivity contribution in [3.05, 3.63) is 60.6 Å². The molecule has 144 valence electrons. The van der Waals surface area contributed by atoms with Crippen molar-refractivity contribution in [2.45, 2.75) is 37.4 Å². The Labute approximate surface area is 167 Å². The lowest BCUT2D eigenvalue weighted by Crippen LogP contribution is -2.17. The van der Waals surface area contributed by atoms with Crippen LogP contribution in [0.1, 0.15) is 30.3 Å². The molecule has 1 aromatic carbocycles. The Hall–Kier alpha value is -2.87. The predicted molar refractivity (Wildman–Crippen MR) is 110 cm³/mol. The molecule has 0 unspecified atom stereocenters. The van der Waals surface area contributed by atoms with Crippen LogP contribution in [0.4, 0.5) is 5.82 Å². The van der Waals surface area contributed by atoms with Crippen molar-refractivity contribution in [3.8, 4) is 5.69 Å². The van der Waals surface area contributed by atoms with E-state index in [1.165, 1.54) is 11.8 Å². The topological polar surface area (TPSA) is 77.6 Å². The van der Waals surface area contributed by atoms with Crippen LogP contribution in [0, 0.1) is 6.92 Å². The highest BCUT2D eigenvalue weighted by Crippen LogP contribution is 2.40. The number of anilines is 1. The number of benzene rings is 1. The van der Waals surface area contributed by atoms with Gasteiger partial charge in [0.05, 0.1) is 17.1 Å². The van der Waals surface area contributed by atoms with E-state index in [0.29, 0.717) is 23.4 Å². The van der Waals surface area contributed by atoms with E-state index in [2.05, 4.69) is 22.1 Å². The van der Waals surface area contributed by atoms with Crippen LogP contribution < -0.4 is 5.32 Å². The van der Waals surface area contributed by atoms with Gasteiger partial charge in [-0.3, -0.25) is 4.79 Å². The van der Waals surface area contributed by atoms with Gasteiger partial charge in [0.1, 0.15) is 11.6 Å². The third-order valence-electron chi connectivity index (χ3n) is 4.54. The smallest absolute Gasteiger partial charge is 0.236 e. The van der Waals surface area contributed by atoms with Crippen molar-refractivity contribution >= 4 is 23.5 Å². The van der Waals surface area contributed by atoms with Crippen LogP contribution in [-0.2, 0) is 11.3 Å². The number of hydrogen-bond donors (Lipinski definition) is 1. The summed E-state index contributed by atoms with van der Waals surface area (Å²) in [4.78, 5) is 12.6. The van der Waals surface area contributed by atoms with E-state index in [1.807, 2.05) is 47.9 Å². The molecular weight excluding hydrogens is 372 g/mol. The van der Waals surface area contributed by atoms with Gasteiger partial charge in [0.15, 0.2) is 5.16 Å². The number of carbonyl (C=O) groups excluding carboxylic acids is 1. The molecule has 1 saturated carbocycles. The number of amides is 1. The number of nitrogens with one attached hydrogen (secondary N) is 1. The van der Waals surface area contributed by atoms with Crippen LogP contribution in [0.2, 0.25) is 0 Å². The number of thioether (sulfide) groups is 1. The van der Waals surface area contributed by atoms with E-state index < -0.39 is 0 Å². The van der Waals surface area contributed by atoms with Crippen LogP contribution in [-0.4, -0.2) is 36.2 Å². The highest BCUT2D eigenvalue weighted by molar-refractivity contribution is 7.99. The minimum atomic E-state index is -0.102. The van der Waals surface area contributed by atoms with Gasteiger partial charge in [-0.15, -0.1) is 16.8 Å². The Morgan fingerprint density at radius 2 is 2.11 bits per heavy atom. The predicted octanol–water partition coefficient (Wildman–Crippen LogP) is 3.57. The molecule has 0 atom stereocenters. The normalized spacial score (nSPS) is 13.5. The average molecular weight is 395 g/mol. The fourth-order valence-electron chi connectivity index (χ4n) is 2.95. The van der Waals surface area contributed by atoms with Gasteiger partial charge < -0.3 is 9.88 Å². The summed E-state index contributed by atoms with van der Waals surface area (Å²) in [5.41, 5.74) is 1.96. The van der Waals surface area contributed by atoms with E-state index in [-0.39, 0.29) is 11.7 Å². The maximum atomic E-state index is 12.6. The fourth-order valence-corrected chi connectivity index (χ4v) is 3.74. The molecule has 8 heteroatoms. The quantitative estimate of drug-likeness (QED) is 0.467. The van der Waals surface area contributed by atoms with Gasteiger partial charge in [0, 0.05) is 18.5 Å². The standard InChI is InChI=1S/C20H22N6OS/c1-3-11-25-14(2)22-23-20(25)28-13-19(27)21-18-12-17(15-9-10-15)24-26(18)16-7-5-4-6-8-16/h3-8,12,15H,1,9-11,13H2,2H3,(H,21,27). The molecule has 1 fully saturated rings. The molecule has 28 heavy (non-hydrogen) atoms. The molecule has 1 amide bonds. The number of para-hydroxylation sites is 1. The third kappa shape index (κ3) is 4.01. The maximum absolute atomic E-state index is 12.6. The SMILES string of the molecule is C=CCn1c(C)nnc1SCC(=O)Nc1cc(C2CC2)nn1-c1ccccc1. The summed E-state index contributed by atoms with van der Waals surface area (Å²) in [6, 6.07) is 11.8. The third-order valence-corrected chi connectivity index (χ3v) is 5.50. The summed E-state index contributed by atoms with van der Waals surface area (Å²) in [7, 11) is 0. The Balaban J connectivity index is 1.48. The van der Waals surface area contributed by atoms with Gasteiger partial charge in [-0.2, -0.15) is 5.10 Å². The van der Waals surface area contributed by atoms with Crippen molar-refractivity contribution < 1.29 is 4.79 Å². The summed E-state index contributed by atoms with van der Waals surface area (Å²) in [6.45, 7) is 6.26. The minimum Gasteiger partial charge on any atom is -0.310 e. The zero-order valence-corrected chi connectivity index (χ0v) is 16.5. The van der Waals surface area contributed by atoms with Crippen LogP contribution in [0.3, 0.4) is 0 Å². The Kier molecular flexibility index (Phi) is 5.29. The van der Waals surface area contributed by atoms with Crippen molar-refractivity contribution in [1.82, 2.24) is 24.5 Å². The van der Waals surface area contributed by atoms with Gasteiger partial charge in [-0.25, -0.2) is 4.68 Å². The Morgan fingerprint density at radius 3 is 2.82 bits per heavy atom. The first-order valence-electron chi connectivity index (χ1n) is 9.24. The van der Waals surface area contributed by atoms with E-state index in [0.717, 1.165) is 30.0 Å². The van der Waals surface area contributed by atoms with Gasteiger partial charge in [-0.1, -0.05) is 36.0 Å². The summed E-state index contributed by atoms with van der Waals surface area (Å²) in [6.07, 6.45) is 4.11. The van der Waals surface area contributed by atoms with E-state index in [1.54, 1.807) is 10.8 Å². The molecular formula is C20H22N6OS. The number of hydrogen-bond acceptors (Lipinski definition) is 5. The number of aromatic nitrogens is 5. The average Bonchev–Trinajstić information content (AvgIpc) is 3.39. The number of nitrogens with zero attached hydrogens (tertiary/aromatic N) is 5. The largest absolute Gasteiger partial charge is 0.310 e. The summed E-state index contributed by atoms with van der Waals surface area (Å²) < 4.78 is 3.74. The van der Waals surface area contributed by atoms with Crippen LogP contribution in [0.15, 0.2) is 54.2 Å². The summed E-state index contributed by atoms with van der Waals surface area (Å²) in [5, 5.41) is 16.7. The number of carbonyl (C=O) groups is 1.